The number of anilines is 1. The van der Waals surface area contributed by atoms with Gasteiger partial charge in [0.1, 0.15) is 5.00 Å². The van der Waals surface area contributed by atoms with Crippen LogP contribution in [0, 0.1) is 0 Å². The summed E-state index contributed by atoms with van der Waals surface area (Å²) >= 11 is 1.51. The van der Waals surface area contributed by atoms with Crippen LogP contribution in [0.1, 0.15) is 56.8 Å². The molecule has 1 aromatic carbocycles. The topological polar surface area (TPSA) is 85.9 Å². The molecule has 0 radical (unpaired) electrons. The van der Waals surface area contributed by atoms with Crippen molar-refractivity contribution in [2.45, 2.75) is 44.6 Å². The van der Waals surface area contributed by atoms with Crippen LogP contribution in [0.5, 0.6) is 11.5 Å². The Hall–Kier alpha value is -2.58. The average molecular weight is 445 g/mol. The molecule has 166 valence electrons. The van der Waals surface area contributed by atoms with Crippen molar-refractivity contribution in [2.75, 3.05) is 32.7 Å². The van der Waals surface area contributed by atoms with E-state index >= 15 is 0 Å². The molecule has 4 rings (SSSR count). The van der Waals surface area contributed by atoms with Crippen molar-refractivity contribution in [3.05, 3.63) is 39.8 Å². The van der Waals surface area contributed by atoms with Crippen LogP contribution in [0.2, 0.25) is 0 Å². The maximum Gasteiger partial charge on any atom is 0.256 e. The van der Waals surface area contributed by atoms with Crippen LogP contribution in [0.3, 0.4) is 0 Å². The summed E-state index contributed by atoms with van der Waals surface area (Å²) < 4.78 is 16.2. The third-order valence-electron chi connectivity index (χ3n) is 5.79. The minimum Gasteiger partial charge on any atom is -0.493 e. The Morgan fingerprint density at radius 3 is 2.65 bits per heavy atom. The molecule has 2 aromatic rings. The normalized spacial score (nSPS) is 17.7. The quantitative estimate of drug-likeness (QED) is 0.678. The first kappa shape index (κ1) is 21.6. The fourth-order valence-corrected chi connectivity index (χ4v) is 5.43. The second kappa shape index (κ2) is 9.70. The monoisotopic (exact) mass is 444 g/mol. The molecule has 31 heavy (non-hydrogen) atoms. The van der Waals surface area contributed by atoms with E-state index in [1.807, 2.05) is 0 Å². The molecule has 1 aliphatic heterocycles. The molecule has 1 aliphatic carbocycles. The van der Waals surface area contributed by atoms with Crippen molar-refractivity contribution >= 4 is 28.2 Å². The molecule has 2 heterocycles. The summed E-state index contributed by atoms with van der Waals surface area (Å²) in [6.07, 6.45) is 6.03. The van der Waals surface area contributed by atoms with E-state index in [4.69, 9.17) is 14.2 Å². The average Bonchev–Trinajstić information content (AvgIpc) is 3.44. The molecular weight excluding hydrogens is 416 g/mol. The first-order valence-corrected chi connectivity index (χ1v) is 11.5. The van der Waals surface area contributed by atoms with E-state index in [0.717, 1.165) is 50.7 Å². The van der Waals surface area contributed by atoms with E-state index < -0.39 is 0 Å². The SMILES string of the molecule is COc1ccc(C(=O)Nc2sc3c(c2C(=O)NC[C@@H]2CCCO2)CCCC3)cc1OC. The van der Waals surface area contributed by atoms with Gasteiger partial charge in [0.05, 0.1) is 25.9 Å². The zero-order valence-electron chi connectivity index (χ0n) is 17.9. The fourth-order valence-electron chi connectivity index (χ4n) is 4.15. The van der Waals surface area contributed by atoms with Gasteiger partial charge in [-0.05, 0) is 62.3 Å². The van der Waals surface area contributed by atoms with Crippen molar-refractivity contribution in [3.63, 3.8) is 0 Å². The highest BCUT2D eigenvalue weighted by Gasteiger charge is 2.27. The van der Waals surface area contributed by atoms with Gasteiger partial charge in [-0.1, -0.05) is 0 Å². The molecule has 0 spiro atoms. The molecule has 1 atom stereocenters. The lowest BCUT2D eigenvalue weighted by Gasteiger charge is -2.15. The summed E-state index contributed by atoms with van der Waals surface area (Å²) in [5.74, 6) is 0.611. The lowest BCUT2D eigenvalue weighted by molar-refractivity contribution is 0.0858. The first-order valence-electron chi connectivity index (χ1n) is 10.7. The number of nitrogens with one attached hydrogen (secondary N) is 2. The molecule has 1 fully saturated rings. The Bertz CT molecular complexity index is 965. The maximum absolute atomic E-state index is 13.1. The molecular formula is C23H28N2O5S. The predicted molar refractivity (Wildman–Crippen MR) is 120 cm³/mol. The Kier molecular flexibility index (Phi) is 6.77. The summed E-state index contributed by atoms with van der Waals surface area (Å²) in [6, 6.07) is 5.02. The van der Waals surface area contributed by atoms with Crippen LogP contribution in [0.4, 0.5) is 5.00 Å². The highest BCUT2D eigenvalue weighted by Crippen LogP contribution is 2.38. The van der Waals surface area contributed by atoms with Crippen LogP contribution < -0.4 is 20.1 Å². The van der Waals surface area contributed by atoms with Crippen molar-refractivity contribution in [3.8, 4) is 11.5 Å². The van der Waals surface area contributed by atoms with E-state index in [2.05, 4.69) is 10.6 Å². The number of carbonyl (C=O) groups excluding carboxylic acids is 2. The van der Waals surface area contributed by atoms with Crippen LogP contribution in [-0.2, 0) is 17.6 Å². The number of carbonyl (C=O) groups is 2. The van der Waals surface area contributed by atoms with E-state index in [1.54, 1.807) is 25.3 Å². The summed E-state index contributed by atoms with van der Waals surface area (Å²) in [5.41, 5.74) is 2.12. The molecule has 2 N–H and O–H groups in total. The van der Waals surface area contributed by atoms with Crippen LogP contribution in [-0.4, -0.2) is 45.3 Å². The number of thiophene rings is 1. The standard InChI is InChI=1S/C23H28N2O5S/c1-28-17-10-9-14(12-18(17)29-2)21(26)25-23-20(16-7-3-4-8-19(16)31-23)22(27)24-13-15-6-5-11-30-15/h9-10,12,15H,3-8,11,13H2,1-2H3,(H,24,27)(H,25,26)/t15-/m0/s1. The van der Waals surface area contributed by atoms with Gasteiger partial charge in [0, 0.05) is 23.6 Å². The maximum atomic E-state index is 13.1. The Morgan fingerprint density at radius 2 is 1.90 bits per heavy atom. The Labute approximate surface area is 186 Å². The summed E-state index contributed by atoms with van der Waals surface area (Å²) in [5, 5.41) is 6.60. The van der Waals surface area contributed by atoms with Crippen molar-refractivity contribution in [1.82, 2.24) is 5.32 Å². The smallest absolute Gasteiger partial charge is 0.256 e. The van der Waals surface area contributed by atoms with Gasteiger partial charge in [-0.15, -0.1) is 11.3 Å². The third-order valence-corrected chi connectivity index (χ3v) is 6.99. The molecule has 0 saturated carbocycles. The predicted octanol–water partition coefficient (Wildman–Crippen LogP) is 3.81. The van der Waals surface area contributed by atoms with Crippen molar-refractivity contribution in [1.29, 1.82) is 0 Å². The molecule has 2 amide bonds. The Balaban J connectivity index is 1.56. The van der Waals surface area contributed by atoms with Gasteiger partial charge in [0.15, 0.2) is 11.5 Å². The number of fused-ring (bicyclic) bond motifs is 1. The van der Waals surface area contributed by atoms with Crippen molar-refractivity contribution < 1.29 is 23.8 Å². The second-order valence-corrected chi connectivity index (χ2v) is 8.89. The molecule has 2 aliphatic rings. The zero-order valence-corrected chi connectivity index (χ0v) is 18.7. The van der Waals surface area contributed by atoms with Crippen LogP contribution in [0.15, 0.2) is 18.2 Å². The van der Waals surface area contributed by atoms with Gasteiger partial charge in [-0.25, -0.2) is 0 Å². The van der Waals surface area contributed by atoms with E-state index in [0.29, 0.717) is 34.2 Å². The number of methoxy groups -OCH3 is 2. The van der Waals surface area contributed by atoms with E-state index in [-0.39, 0.29) is 17.9 Å². The van der Waals surface area contributed by atoms with Gasteiger partial charge in [-0.2, -0.15) is 0 Å². The van der Waals surface area contributed by atoms with Crippen molar-refractivity contribution in [2.24, 2.45) is 0 Å². The Morgan fingerprint density at radius 1 is 1.10 bits per heavy atom. The fraction of sp³-hybridized carbons (Fsp3) is 0.478. The first-order chi connectivity index (χ1) is 15.1. The van der Waals surface area contributed by atoms with Gasteiger partial charge >= 0.3 is 0 Å². The number of ether oxygens (including phenoxy) is 3. The third kappa shape index (κ3) is 4.70. The zero-order chi connectivity index (χ0) is 21.8. The van der Waals surface area contributed by atoms with Gasteiger partial charge in [0.25, 0.3) is 11.8 Å². The van der Waals surface area contributed by atoms with Gasteiger partial charge < -0.3 is 24.8 Å². The highest BCUT2D eigenvalue weighted by molar-refractivity contribution is 7.17. The molecule has 1 aromatic heterocycles. The summed E-state index contributed by atoms with van der Waals surface area (Å²) in [6.45, 7) is 1.24. The number of amides is 2. The number of hydrogen-bond acceptors (Lipinski definition) is 6. The largest absolute Gasteiger partial charge is 0.493 e. The second-order valence-electron chi connectivity index (χ2n) is 7.78. The van der Waals surface area contributed by atoms with E-state index in [1.165, 1.54) is 23.3 Å². The molecule has 0 unspecified atom stereocenters. The highest BCUT2D eigenvalue weighted by atomic mass is 32.1. The summed E-state index contributed by atoms with van der Waals surface area (Å²) in [7, 11) is 3.08. The van der Waals surface area contributed by atoms with Crippen LogP contribution >= 0.6 is 11.3 Å². The van der Waals surface area contributed by atoms with Gasteiger partial charge in [-0.3, -0.25) is 9.59 Å². The molecule has 0 bridgehead atoms. The molecule has 7 nitrogen and oxygen atoms in total. The minimum atomic E-state index is -0.285. The lowest BCUT2D eigenvalue weighted by Crippen LogP contribution is -2.32. The number of hydrogen-bond donors (Lipinski definition) is 2. The molecule has 1 saturated heterocycles. The van der Waals surface area contributed by atoms with E-state index in [9.17, 15) is 9.59 Å². The number of aryl methyl sites for hydroxylation is 1. The molecule has 8 heteroatoms. The van der Waals surface area contributed by atoms with Crippen LogP contribution in [0.25, 0.3) is 0 Å². The lowest BCUT2D eigenvalue weighted by atomic mass is 9.95. The minimum absolute atomic E-state index is 0.0724. The number of benzene rings is 1. The van der Waals surface area contributed by atoms with Gasteiger partial charge in [0.2, 0.25) is 0 Å². The number of rotatable bonds is 7. The summed E-state index contributed by atoms with van der Waals surface area (Å²) in [4.78, 5) is 27.3.